The lowest BCUT2D eigenvalue weighted by molar-refractivity contribution is 0.0457. The average Bonchev–Trinajstić information content (AvgIpc) is 2.53. The van der Waals surface area contributed by atoms with Gasteiger partial charge < -0.3 is 10.5 Å². The van der Waals surface area contributed by atoms with Gasteiger partial charge in [0.05, 0.1) is 11.1 Å². The minimum atomic E-state index is -0.787. The van der Waals surface area contributed by atoms with Crippen LogP contribution in [0.3, 0.4) is 0 Å². The van der Waals surface area contributed by atoms with E-state index in [0.717, 1.165) is 5.39 Å². The number of aromatic nitrogens is 2. The highest BCUT2D eigenvalue weighted by Gasteiger charge is 2.14. The molecule has 3 aromatic rings. The van der Waals surface area contributed by atoms with Crippen molar-refractivity contribution in [3.8, 4) is 0 Å². The summed E-state index contributed by atoms with van der Waals surface area (Å²) in [5, 5.41) is 0.724. The molecule has 0 bridgehead atoms. The van der Waals surface area contributed by atoms with Gasteiger partial charge in [-0.15, -0.1) is 0 Å². The number of nitrogens with zero attached hydrogens (tertiary/aromatic N) is 2. The van der Waals surface area contributed by atoms with Gasteiger partial charge in [-0.1, -0.05) is 28.1 Å². The number of nitrogens with two attached hydrogens (primary N) is 1. The van der Waals surface area contributed by atoms with E-state index >= 15 is 0 Å². The lowest BCUT2D eigenvalue weighted by Crippen LogP contribution is -2.10. The number of esters is 1. The number of rotatable bonds is 3. The number of carbonyl (C=O) groups is 1. The Hall–Kier alpha value is -2.54. The summed E-state index contributed by atoms with van der Waals surface area (Å²) in [6.45, 7) is -0.191. The number of halogens is 2. The molecule has 1 aromatic heterocycles. The van der Waals surface area contributed by atoms with E-state index in [2.05, 4.69) is 25.9 Å². The van der Waals surface area contributed by atoms with E-state index in [1.165, 1.54) is 12.1 Å². The van der Waals surface area contributed by atoms with E-state index in [9.17, 15) is 9.18 Å². The third-order valence-electron chi connectivity index (χ3n) is 3.16. The zero-order valence-corrected chi connectivity index (χ0v) is 13.4. The normalized spacial score (nSPS) is 10.7. The predicted molar refractivity (Wildman–Crippen MR) is 87.2 cm³/mol. The van der Waals surface area contributed by atoms with Crippen LogP contribution >= 0.6 is 15.9 Å². The first kappa shape index (κ1) is 15.4. The molecule has 23 heavy (non-hydrogen) atoms. The van der Waals surface area contributed by atoms with Crippen LogP contribution in [0.25, 0.3) is 10.9 Å². The molecule has 116 valence electrons. The van der Waals surface area contributed by atoms with Crippen molar-refractivity contribution in [1.29, 1.82) is 0 Å². The molecular formula is C16H11BrFN3O2. The molecule has 0 aliphatic rings. The van der Waals surface area contributed by atoms with E-state index in [4.69, 9.17) is 10.5 Å². The topological polar surface area (TPSA) is 78.1 Å². The van der Waals surface area contributed by atoms with Gasteiger partial charge in [0.25, 0.3) is 0 Å². The molecular weight excluding hydrogens is 365 g/mol. The van der Waals surface area contributed by atoms with Crippen LogP contribution < -0.4 is 5.73 Å². The molecule has 5 nitrogen and oxygen atoms in total. The van der Waals surface area contributed by atoms with E-state index in [1.54, 1.807) is 18.2 Å². The van der Waals surface area contributed by atoms with Crippen molar-refractivity contribution in [2.45, 2.75) is 6.61 Å². The van der Waals surface area contributed by atoms with Gasteiger partial charge in [0.15, 0.2) is 12.4 Å². The first-order valence-electron chi connectivity index (χ1n) is 6.68. The van der Waals surface area contributed by atoms with Gasteiger partial charge >= 0.3 is 5.97 Å². The number of carbonyl (C=O) groups excluding carboxylic acids is 1. The van der Waals surface area contributed by atoms with Crippen molar-refractivity contribution in [3.63, 3.8) is 0 Å². The van der Waals surface area contributed by atoms with E-state index in [0.29, 0.717) is 15.8 Å². The van der Waals surface area contributed by atoms with Crippen molar-refractivity contribution in [2.75, 3.05) is 5.73 Å². The first-order chi connectivity index (χ1) is 11.0. The van der Waals surface area contributed by atoms with Crippen LogP contribution in [0.15, 0.2) is 46.9 Å². The predicted octanol–water partition coefficient (Wildman–Crippen LogP) is 3.47. The second-order valence-corrected chi connectivity index (χ2v) is 5.66. The van der Waals surface area contributed by atoms with Gasteiger partial charge in [0, 0.05) is 9.86 Å². The standard InChI is InChI=1S/C16H11BrFN3O2/c17-9-5-6-10(12(18)7-9)16(22)23-8-14-20-13-4-2-1-3-11(13)15(19)21-14/h1-7H,8H2,(H2,19,20,21). The second-order valence-electron chi connectivity index (χ2n) is 4.74. The summed E-state index contributed by atoms with van der Waals surface area (Å²) in [5.41, 5.74) is 6.36. The van der Waals surface area contributed by atoms with E-state index < -0.39 is 11.8 Å². The fraction of sp³-hybridized carbons (Fsp3) is 0.0625. The SMILES string of the molecule is Nc1nc(COC(=O)c2ccc(Br)cc2F)nc2ccccc12. The number of ether oxygens (including phenoxy) is 1. The van der Waals surface area contributed by atoms with Crippen molar-refractivity contribution >= 4 is 38.6 Å². The summed E-state index contributed by atoms with van der Waals surface area (Å²) in [6.07, 6.45) is 0. The van der Waals surface area contributed by atoms with Crippen molar-refractivity contribution in [2.24, 2.45) is 0 Å². The molecule has 0 spiro atoms. The Bertz CT molecular complexity index is 902. The second kappa shape index (κ2) is 6.29. The lowest BCUT2D eigenvalue weighted by Gasteiger charge is -2.07. The Labute approximate surface area is 139 Å². The Morgan fingerprint density at radius 3 is 2.78 bits per heavy atom. The molecule has 0 unspecified atom stereocenters. The van der Waals surface area contributed by atoms with Crippen LogP contribution in [0.2, 0.25) is 0 Å². The van der Waals surface area contributed by atoms with E-state index in [1.807, 2.05) is 12.1 Å². The number of para-hydroxylation sites is 1. The molecule has 1 heterocycles. The third-order valence-corrected chi connectivity index (χ3v) is 3.66. The Balaban J connectivity index is 1.79. The van der Waals surface area contributed by atoms with Gasteiger partial charge in [0.2, 0.25) is 0 Å². The maximum Gasteiger partial charge on any atom is 0.341 e. The molecule has 0 saturated carbocycles. The minimum Gasteiger partial charge on any atom is -0.454 e. The highest BCUT2D eigenvalue weighted by atomic mass is 79.9. The minimum absolute atomic E-state index is 0.151. The number of hydrogen-bond donors (Lipinski definition) is 1. The summed E-state index contributed by atoms with van der Waals surface area (Å²) in [7, 11) is 0. The van der Waals surface area contributed by atoms with Crippen LogP contribution in [-0.4, -0.2) is 15.9 Å². The monoisotopic (exact) mass is 375 g/mol. The number of benzene rings is 2. The number of fused-ring (bicyclic) bond motifs is 1. The molecule has 7 heteroatoms. The maximum atomic E-state index is 13.7. The average molecular weight is 376 g/mol. The van der Waals surface area contributed by atoms with Crippen molar-refractivity contribution < 1.29 is 13.9 Å². The fourth-order valence-corrected chi connectivity index (χ4v) is 2.41. The summed E-state index contributed by atoms with van der Waals surface area (Å²) in [6, 6.07) is 11.3. The summed E-state index contributed by atoms with van der Waals surface area (Å²) < 4.78 is 19.3. The van der Waals surface area contributed by atoms with Crippen molar-refractivity contribution in [1.82, 2.24) is 9.97 Å². The molecule has 2 aromatic carbocycles. The number of nitrogen functional groups attached to an aromatic ring is 1. The van der Waals surface area contributed by atoms with Crippen LogP contribution in [0.5, 0.6) is 0 Å². The third kappa shape index (κ3) is 3.29. The highest BCUT2D eigenvalue weighted by Crippen LogP contribution is 2.19. The van der Waals surface area contributed by atoms with E-state index in [-0.39, 0.29) is 18.0 Å². The van der Waals surface area contributed by atoms with Crippen LogP contribution in [0.1, 0.15) is 16.2 Å². The Kier molecular flexibility index (Phi) is 4.20. The van der Waals surface area contributed by atoms with Crippen LogP contribution in [0.4, 0.5) is 10.2 Å². The molecule has 2 N–H and O–H groups in total. The molecule has 0 atom stereocenters. The Morgan fingerprint density at radius 2 is 2.00 bits per heavy atom. The molecule has 0 fully saturated rings. The lowest BCUT2D eigenvalue weighted by atomic mass is 10.2. The van der Waals surface area contributed by atoms with Crippen LogP contribution in [-0.2, 0) is 11.3 Å². The fourth-order valence-electron chi connectivity index (χ4n) is 2.08. The van der Waals surface area contributed by atoms with Gasteiger partial charge in [-0.3, -0.25) is 0 Å². The summed E-state index contributed by atoms with van der Waals surface area (Å²) >= 11 is 3.13. The quantitative estimate of drug-likeness (QED) is 0.709. The number of hydrogen-bond acceptors (Lipinski definition) is 5. The molecule has 0 saturated heterocycles. The number of anilines is 1. The van der Waals surface area contributed by atoms with Gasteiger partial charge in [-0.05, 0) is 30.3 Å². The molecule has 0 amide bonds. The smallest absolute Gasteiger partial charge is 0.341 e. The van der Waals surface area contributed by atoms with Gasteiger partial charge in [0.1, 0.15) is 11.6 Å². The van der Waals surface area contributed by atoms with Crippen molar-refractivity contribution in [3.05, 3.63) is 64.1 Å². The molecule has 0 aliphatic heterocycles. The maximum absolute atomic E-state index is 13.7. The van der Waals surface area contributed by atoms with Gasteiger partial charge in [-0.25, -0.2) is 19.2 Å². The van der Waals surface area contributed by atoms with Gasteiger partial charge in [-0.2, -0.15) is 0 Å². The Morgan fingerprint density at radius 1 is 1.22 bits per heavy atom. The molecule has 0 aliphatic carbocycles. The zero-order chi connectivity index (χ0) is 16.4. The largest absolute Gasteiger partial charge is 0.454 e. The highest BCUT2D eigenvalue weighted by molar-refractivity contribution is 9.10. The molecule has 0 radical (unpaired) electrons. The zero-order valence-electron chi connectivity index (χ0n) is 11.8. The van der Waals surface area contributed by atoms with Crippen LogP contribution in [0, 0.1) is 5.82 Å². The molecule has 3 rings (SSSR count). The summed E-state index contributed by atoms with van der Waals surface area (Å²) in [4.78, 5) is 20.3. The summed E-state index contributed by atoms with van der Waals surface area (Å²) in [5.74, 6) is -0.891. The first-order valence-corrected chi connectivity index (χ1v) is 7.47.